The van der Waals surface area contributed by atoms with Gasteiger partial charge < -0.3 is 15.4 Å². The summed E-state index contributed by atoms with van der Waals surface area (Å²) in [6, 6.07) is 4.49. The summed E-state index contributed by atoms with van der Waals surface area (Å²) < 4.78 is 4.91. The number of nitrogens with one attached hydrogen (secondary N) is 2. The van der Waals surface area contributed by atoms with Crippen molar-refractivity contribution in [3.63, 3.8) is 0 Å². The van der Waals surface area contributed by atoms with Crippen molar-refractivity contribution in [2.75, 3.05) is 17.2 Å². The van der Waals surface area contributed by atoms with Gasteiger partial charge in [-0.2, -0.15) is 0 Å². The largest absolute Gasteiger partial charge is 0.458 e. The quantitative estimate of drug-likeness (QED) is 0.636. The molecule has 6 heteroatoms. The summed E-state index contributed by atoms with van der Waals surface area (Å²) in [5, 5.41) is 5.10. The Bertz CT molecular complexity index is 518. The maximum Gasteiger partial charge on any atom is 0.338 e. The van der Waals surface area contributed by atoms with Crippen LogP contribution in [-0.4, -0.2) is 24.4 Å². The normalized spacial score (nSPS) is 9.50. The Kier molecular flexibility index (Phi) is 5.46. The van der Waals surface area contributed by atoms with Crippen molar-refractivity contribution in [2.24, 2.45) is 0 Å². The van der Waals surface area contributed by atoms with Crippen LogP contribution in [0.3, 0.4) is 0 Å². The van der Waals surface area contributed by atoms with Crippen LogP contribution in [0.2, 0.25) is 0 Å². The third kappa shape index (κ3) is 4.93. The molecule has 2 amide bonds. The summed E-state index contributed by atoms with van der Waals surface area (Å²) in [5.41, 5.74) is 1.02. The van der Waals surface area contributed by atoms with Crippen molar-refractivity contribution in [1.82, 2.24) is 0 Å². The topological polar surface area (TPSA) is 84.5 Å². The van der Waals surface area contributed by atoms with E-state index in [-0.39, 0.29) is 24.0 Å². The van der Waals surface area contributed by atoms with Crippen LogP contribution in [0.25, 0.3) is 0 Å². The van der Waals surface area contributed by atoms with Crippen LogP contribution in [0.5, 0.6) is 0 Å². The van der Waals surface area contributed by atoms with E-state index in [0.717, 1.165) is 0 Å². The van der Waals surface area contributed by atoms with E-state index in [1.54, 1.807) is 6.07 Å². The summed E-state index contributed by atoms with van der Waals surface area (Å²) in [6.07, 6.45) is 1.45. The van der Waals surface area contributed by atoms with Gasteiger partial charge in [-0.3, -0.25) is 9.59 Å². The molecule has 0 spiro atoms. The number of carbonyl (C=O) groups excluding carboxylic acids is 3. The molecule has 0 aliphatic rings. The summed E-state index contributed by atoms with van der Waals surface area (Å²) in [7, 11) is 0. The smallest absolute Gasteiger partial charge is 0.338 e. The van der Waals surface area contributed by atoms with Crippen molar-refractivity contribution in [3.8, 4) is 0 Å². The zero-order valence-electron chi connectivity index (χ0n) is 11.4. The molecule has 0 fully saturated rings. The summed E-state index contributed by atoms with van der Waals surface area (Å²) in [5.74, 6) is -1.13. The van der Waals surface area contributed by atoms with Crippen LogP contribution >= 0.6 is 0 Å². The van der Waals surface area contributed by atoms with Crippen LogP contribution in [0.15, 0.2) is 30.9 Å². The van der Waals surface area contributed by atoms with Crippen LogP contribution in [0, 0.1) is 0 Å². The number of esters is 1. The van der Waals surface area contributed by atoms with Gasteiger partial charge in [0.2, 0.25) is 11.8 Å². The van der Waals surface area contributed by atoms with E-state index in [0.29, 0.717) is 11.4 Å². The molecule has 106 valence electrons. The first-order valence-electron chi connectivity index (χ1n) is 5.90. The van der Waals surface area contributed by atoms with E-state index in [1.165, 1.54) is 32.1 Å². The van der Waals surface area contributed by atoms with E-state index >= 15 is 0 Å². The lowest BCUT2D eigenvalue weighted by molar-refractivity contribution is -0.115. The fourth-order valence-electron chi connectivity index (χ4n) is 1.51. The van der Waals surface area contributed by atoms with Crippen LogP contribution in [0.1, 0.15) is 24.2 Å². The first kappa shape index (κ1) is 15.4. The second kappa shape index (κ2) is 7.08. The van der Waals surface area contributed by atoms with Gasteiger partial charge in [0.15, 0.2) is 0 Å². The molecule has 1 aromatic carbocycles. The van der Waals surface area contributed by atoms with Gasteiger partial charge in [0, 0.05) is 25.2 Å². The Labute approximate surface area is 116 Å². The van der Waals surface area contributed by atoms with E-state index in [2.05, 4.69) is 17.2 Å². The number of hydrogen-bond donors (Lipinski definition) is 2. The van der Waals surface area contributed by atoms with Gasteiger partial charge in [0.05, 0.1) is 5.56 Å². The average molecular weight is 276 g/mol. The lowest BCUT2D eigenvalue weighted by atomic mass is 10.1. The number of benzene rings is 1. The average Bonchev–Trinajstić information content (AvgIpc) is 2.33. The maximum atomic E-state index is 11.8. The number of anilines is 2. The molecule has 2 N–H and O–H groups in total. The van der Waals surface area contributed by atoms with Crippen molar-refractivity contribution in [3.05, 3.63) is 36.4 Å². The van der Waals surface area contributed by atoms with Gasteiger partial charge in [0.25, 0.3) is 0 Å². The minimum Gasteiger partial charge on any atom is -0.458 e. The second-order valence-corrected chi connectivity index (χ2v) is 4.05. The molecule has 0 aliphatic heterocycles. The predicted molar refractivity (Wildman–Crippen MR) is 75.5 cm³/mol. The van der Waals surface area contributed by atoms with E-state index in [4.69, 9.17) is 4.74 Å². The third-order valence-corrected chi connectivity index (χ3v) is 2.14. The molecule has 0 saturated heterocycles. The molecule has 0 unspecified atom stereocenters. The standard InChI is InChI=1S/C14H16N2O4/c1-4-5-20-14(19)11-6-12(15-9(2)17)8-13(7-11)16-10(3)18/h4,6-8H,1,5H2,2-3H3,(H,15,17)(H,16,18). The number of rotatable bonds is 5. The minimum atomic E-state index is -0.566. The molecule has 0 aromatic heterocycles. The van der Waals surface area contributed by atoms with Gasteiger partial charge in [-0.05, 0) is 18.2 Å². The maximum absolute atomic E-state index is 11.8. The molecule has 0 heterocycles. The number of hydrogen-bond acceptors (Lipinski definition) is 4. The number of carbonyl (C=O) groups is 3. The highest BCUT2D eigenvalue weighted by Gasteiger charge is 2.11. The van der Waals surface area contributed by atoms with Gasteiger partial charge >= 0.3 is 5.97 Å². The number of ether oxygens (including phenoxy) is 1. The highest BCUT2D eigenvalue weighted by molar-refractivity contribution is 5.97. The highest BCUT2D eigenvalue weighted by Crippen LogP contribution is 2.20. The summed E-state index contributed by atoms with van der Waals surface area (Å²) in [4.78, 5) is 33.9. The zero-order valence-corrected chi connectivity index (χ0v) is 11.4. The molecule has 0 bridgehead atoms. The third-order valence-electron chi connectivity index (χ3n) is 2.14. The zero-order chi connectivity index (χ0) is 15.1. The van der Waals surface area contributed by atoms with Gasteiger partial charge in [-0.1, -0.05) is 12.7 Å². The van der Waals surface area contributed by atoms with E-state index < -0.39 is 5.97 Å². The Balaban J connectivity index is 3.07. The van der Waals surface area contributed by atoms with E-state index in [1.807, 2.05) is 0 Å². The molecule has 0 saturated carbocycles. The lowest BCUT2D eigenvalue weighted by Gasteiger charge is -2.10. The number of amides is 2. The van der Waals surface area contributed by atoms with Crippen molar-refractivity contribution in [2.45, 2.75) is 13.8 Å². The van der Waals surface area contributed by atoms with Gasteiger partial charge in [0.1, 0.15) is 6.61 Å². The van der Waals surface area contributed by atoms with Gasteiger partial charge in [-0.15, -0.1) is 0 Å². The molecular formula is C14H16N2O4. The van der Waals surface area contributed by atoms with E-state index in [9.17, 15) is 14.4 Å². The molecule has 0 atom stereocenters. The second-order valence-electron chi connectivity index (χ2n) is 4.05. The molecule has 6 nitrogen and oxygen atoms in total. The first-order valence-corrected chi connectivity index (χ1v) is 5.90. The van der Waals surface area contributed by atoms with Crippen molar-refractivity contribution in [1.29, 1.82) is 0 Å². The first-order chi connectivity index (χ1) is 9.42. The lowest BCUT2D eigenvalue weighted by Crippen LogP contribution is -2.12. The SMILES string of the molecule is C=CCOC(=O)c1cc(NC(C)=O)cc(NC(C)=O)c1. The fourth-order valence-corrected chi connectivity index (χ4v) is 1.51. The summed E-state index contributed by atoms with van der Waals surface area (Å²) in [6.45, 7) is 6.23. The van der Waals surface area contributed by atoms with Crippen molar-refractivity contribution < 1.29 is 19.1 Å². The highest BCUT2D eigenvalue weighted by atomic mass is 16.5. The minimum absolute atomic E-state index is 0.0820. The Hall–Kier alpha value is -2.63. The Morgan fingerprint density at radius 3 is 2.00 bits per heavy atom. The monoisotopic (exact) mass is 276 g/mol. The molecule has 0 aliphatic carbocycles. The molecule has 1 aromatic rings. The van der Waals surface area contributed by atoms with Gasteiger partial charge in [-0.25, -0.2) is 4.79 Å². The fraction of sp³-hybridized carbons (Fsp3) is 0.214. The Morgan fingerprint density at radius 2 is 1.60 bits per heavy atom. The van der Waals surface area contributed by atoms with Crippen LogP contribution in [-0.2, 0) is 14.3 Å². The van der Waals surface area contributed by atoms with Crippen LogP contribution in [0.4, 0.5) is 11.4 Å². The molecule has 0 radical (unpaired) electrons. The summed E-state index contributed by atoms with van der Waals surface area (Å²) >= 11 is 0. The molecular weight excluding hydrogens is 260 g/mol. The predicted octanol–water partition coefficient (Wildman–Crippen LogP) is 1.95. The molecule has 1 rings (SSSR count). The van der Waals surface area contributed by atoms with Crippen molar-refractivity contribution >= 4 is 29.2 Å². The molecule has 20 heavy (non-hydrogen) atoms. The van der Waals surface area contributed by atoms with Crippen LogP contribution < -0.4 is 10.6 Å². The Morgan fingerprint density at radius 1 is 1.10 bits per heavy atom.